The lowest BCUT2D eigenvalue weighted by atomic mass is 10.2. The summed E-state index contributed by atoms with van der Waals surface area (Å²) in [5.41, 5.74) is -0.0812. The van der Waals surface area contributed by atoms with Gasteiger partial charge in [-0.25, -0.2) is 13.2 Å². The molecule has 1 heterocycles. The van der Waals surface area contributed by atoms with Gasteiger partial charge in [-0.05, 0) is 18.2 Å². The maximum Gasteiger partial charge on any atom is 0.371 e. The molecule has 22 heavy (non-hydrogen) atoms. The standard InChI is InChI=1S/C14H11NO6S/c16-11(7-12(17)14(18)19)9-6-13(15-8-9)22(20,21)10-4-2-1-3-5-10/h1-8,15,17H,(H,18,19). The molecule has 1 aromatic heterocycles. The fourth-order valence-corrected chi connectivity index (χ4v) is 2.93. The number of aromatic amines is 1. The predicted molar refractivity (Wildman–Crippen MR) is 75.4 cm³/mol. The first-order valence-electron chi connectivity index (χ1n) is 5.99. The highest BCUT2D eigenvalue weighted by atomic mass is 32.2. The highest BCUT2D eigenvalue weighted by Gasteiger charge is 2.21. The topological polar surface area (TPSA) is 125 Å². The Morgan fingerprint density at radius 3 is 2.32 bits per heavy atom. The van der Waals surface area contributed by atoms with Crippen molar-refractivity contribution < 1.29 is 28.2 Å². The van der Waals surface area contributed by atoms with Crippen molar-refractivity contribution in [3.05, 3.63) is 60.0 Å². The van der Waals surface area contributed by atoms with E-state index in [0.29, 0.717) is 6.08 Å². The van der Waals surface area contributed by atoms with Gasteiger partial charge >= 0.3 is 5.97 Å². The number of H-pyrrole nitrogens is 1. The molecule has 0 amide bonds. The number of carboxylic acids is 1. The summed E-state index contributed by atoms with van der Waals surface area (Å²) in [6.07, 6.45) is 1.63. The van der Waals surface area contributed by atoms with E-state index >= 15 is 0 Å². The molecule has 0 aliphatic carbocycles. The monoisotopic (exact) mass is 321 g/mol. The molecule has 0 radical (unpaired) electrons. The van der Waals surface area contributed by atoms with E-state index in [9.17, 15) is 18.0 Å². The number of allylic oxidation sites excluding steroid dienone is 1. The van der Waals surface area contributed by atoms with Crippen molar-refractivity contribution >= 4 is 21.6 Å². The number of ketones is 1. The Labute approximate surface area is 125 Å². The number of benzene rings is 1. The van der Waals surface area contributed by atoms with Crippen LogP contribution in [0.25, 0.3) is 0 Å². The van der Waals surface area contributed by atoms with E-state index in [-0.39, 0.29) is 15.5 Å². The molecular formula is C14H11NO6S. The Hall–Kier alpha value is -2.87. The fourth-order valence-electron chi connectivity index (χ4n) is 1.67. The molecule has 0 aliphatic heterocycles. The van der Waals surface area contributed by atoms with Crippen LogP contribution in [0.1, 0.15) is 10.4 Å². The third-order valence-corrected chi connectivity index (χ3v) is 4.48. The molecular weight excluding hydrogens is 310 g/mol. The zero-order chi connectivity index (χ0) is 16.3. The number of nitrogens with one attached hydrogen (secondary N) is 1. The summed E-state index contributed by atoms with van der Waals surface area (Å²) in [6, 6.07) is 8.70. The second-order valence-electron chi connectivity index (χ2n) is 4.27. The van der Waals surface area contributed by atoms with Crippen molar-refractivity contribution in [2.45, 2.75) is 9.92 Å². The first-order chi connectivity index (χ1) is 10.3. The number of aromatic nitrogens is 1. The van der Waals surface area contributed by atoms with Crippen molar-refractivity contribution in [2.75, 3.05) is 0 Å². The molecule has 7 nitrogen and oxygen atoms in total. The van der Waals surface area contributed by atoms with E-state index < -0.39 is 27.3 Å². The van der Waals surface area contributed by atoms with Crippen LogP contribution in [0.4, 0.5) is 0 Å². The summed E-state index contributed by atoms with van der Waals surface area (Å²) in [6.45, 7) is 0. The number of aliphatic hydroxyl groups excluding tert-OH is 1. The second-order valence-corrected chi connectivity index (χ2v) is 6.19. The van der Waals surface area contributed by atoms with Gasteiger partial charge in [-0.15, -0.1) is 0 Å². The number of carbonyl (C=O) groups is 2. The summed E-state index contributed by atoms with van der Waals surface area (Å²) in [4.78, 5) is 24.7. The maximum atomic E-state index is 12.3. The van der Waals surface area contributed by atoms with Crippen LogP contribution in [0.3, 0.4) is 0 Å². The molecule has 114 valence electrons. The zero-order valence-electron chi connectivity index (χ0n) is 11.1. The third kappa shape index (κ3) is 3.07. The number of hydrogen-bond acceptors (Lipinski definition) is 5. The van der Waals surface area contributed by atoms with Crippen LogP contribution in [0.15, 0.2) is 64.4 Å². The van der Waals surface area contributed by atoms with E-state index in [1.54, 1.807) is 18.2 Å². The number of carbonyl (C=O) groups excluding carboxylic acids is 1. The highest BCUT2D eigenvalue weighted by molar-refractivity contribution is 7.91. The molecule has 0 atom stereocenters. The Kier molecular flexibility index (Phi) is 4.13. The molecule has 2 rings (SSSR count). The maximum absolute atomic E-state index is 12.3. The van der Waals surface area contributed by atoms with Gasteiger partial charge in [-0.3, -0.25) is 4.79 Å². The van der Waals surface area contributed by atoms with Gasteiger partial charge in [0.2, 0.25) is 15.6 Å². The Balaban J connectivity index is 2.35. The van der Waals surface area contributed by atoms with E-state index in [0.717, 1.165) is 12.3 Å². The van der Waals surface area contributed by atoms with E-state index in [1.807, 2.05) is 0 Å². The minimum Gasteiger partial charge on any atom is -0.502 e. The van der Waals surface area contributed by atoms with Crippen molar-refractivity contribution in [2.24, 2.45) is 0 Å². The van der Waals surface area contributed by atoms with Gasteiger partial charge in [0.15, 0.2) is 5.78 Å². The predicted octanol–water partition coefficient (Wildman–Crippen LogP) is 1.56. The molecule has 0 fully saturated rings. The van der Waals surface area contributed by atoms with Crippen LogP contribution >= 0.6 is 0 Å². The van der Waals surface area contributed by atoms with Gasteiger partial charge in [0, 0.05) is 17.8 Å². The fraction of sp³-hybridized carbons (Fsp3) is 0. The van der Waals surface area contributed by atoms with Crippen molar-refractivity contribution in [1.82, 2.24) is 4.98 Å². The molecule has 2 aromatic rings. The van der Waals surface area contributed by atoms with Crippen molar-refractivity contribution in [3.8, 4) is 0 Å². The molecule has 1 aromatic carbocycles. The minimum atomic E-state index is -3.80. The number of aliphatic hydroxyl groups is 1. The normalized spacial score (nSPS) is 12.1. The van der Waals surface area contributed by atoms with Gasteiger partial charge in [0.25, 0.3) is 0 Å². The Morgan fingerprint density at radius 1 is 1.09 bits per heavy atom. The summed E-state index contributed by atoms with van der Waals surface area (Å²) < 4.78 is 24.6. The smallest absolute Gasteiger partial charge is 0.371 e. The van der Waals surface area contributed by atoms with Crippen LogP contribution in [-0.2, 0) is 14.6 Å². The lowest BCUT2D eigenvalue weighted by Gasteiger charge is -2.00. The van der Waals surface area contributed by atoms with Gasteiger partial charge in [-0.1, -0.05) is 18.2 Å². The quantitative estimate of drug-likeness (QED) is 0.436. The van der Waals surface area contributed by atoms with Crippen LogP contribution in [0.5, 0.6) is 0 Å². The SMILES string of the molecule is O=C(O)C(O)=CC(=O)c1c[nH]c(S(=O)(=O)c2ccccc2)c1. The van der Waals surface area contributed by atoms with Crippen molar-refractivity contribution in [1.29, 1.82) is 0 Å². The molecule has 0 saturated carbocycles. The van der Waals surface area contributed by atoms with E-state index in [4.69, 9.17) is 10.2 Å². The van der Waals surface area contributed by atoms with Gasteiger partial charge < -0.3 is 15.2 Å². The third-order valence-electron chi connectivity index (χ3n) is 2.77. The van der Waals surface area contributed by atoms with Gasteiger partial charge in [0.1, 0.15) is 5.03 Å². The average molecular weight is 321 g/mol. The average Bonchev–Trinajstić information content (AvgIpc) is 2.98. The highest BCUT2D eigenvalue weighted by Crippen LogP contribution is 2.20. The molecule has 0 spiro atoms. The number of rotatable bonds is 5. The molecule has 0 saturated heterocycles. The zero-order valence-corrected chi connectivity index (χ0v) is 11.9. The number of carboxylic acid groups (broad SMARTS) is 1. The molecule has 0 aliphatic rings. The number of aliphatic carboxylic acids is 1. The first kappa shape index (κ1) is 15.5. The molecule has 0 bridgehead atoms. The van der Waals surface area contributed by atoms with Crippen LogP contribution < -0.4 is 0 Å². The van der Waals surface area contributed by atoms with Gasteiger partial charge in [-0.2, -0.15) is 0 Å². The minimum absolute atomic E-state index is 0.0553. The largest absolute Gasteiger partial charge is 0.502 e. The summed E-state index contributed by atoms with van der Waals surface area (Å²) in [7, 11) is -3.80. The molecule has 8 heteroatoms. The first-order valence-corrected chi connectivity index (χ1v) is 7.47. The summed E-state index contributed by atoms with van der Waals surface area (Å²) >= 11 is 0. The Bertz CT molecular complexity index is 848. The van der Waals surface area contributed by atoms with E-state index in [1.165, 1.54) is 12.1 Å². The summed E-state index contributed by atoms with van der Waals surface area (Å²) in [5.74, 6) is -3.61. The van der Waals surface area contributed by atoms with Gasteiger partial charge in [0.05, 0.1) is 4.90 Å². The lowest BCUT2D eigenvalue weighted by molar-refractivity contribution is -0.135. The molecule has 3 N–H and O–H groups in total. The second kappa shape index (κ2) is 5.86. The van der Waals surface area contributed by atoms with E-state index in [2.05, 4.69) is 4.98 Å². The van der Waals surface area contributed by atoms with Crippen LogP contribution in [-0.4, -0.2) is 35.4 Å². The van der Waals surface area contributed by atoms with Crippen LogP contribution in [0.2, 0.25) is 0 Å². The number of sulfone groups is 1. The number of hydrogen-bond donors (Lipinski definition) is 3. The lowest BCUT2D eigenvalue weighted by Crippen LogP contribution is -2.03. The molecule has 0 unspecified atom stereocenters. The van der Waals surface area contributed by atoms with Crippen molar-refractivity contribution in [3.63, 3.8) is 0 Å². The van der Waals surface area contributed by atoms with Crippen LogP contribution in [0, 0.1) is 0 Å². The summed E-state index contributed by atoms with van der Waals surface area (Å²) in [5, 5.41) is 17.3. The Morgan fingerprint density at radius 2 is 1.73 bits per heavy atom.